The van der Waals surface area contributed by atoms with Crippen LogP contribution in [0.25, 0.3) is 0 Å². The van der Waals surface area contributed by atoms with E-state index in [1.165, 1.54) is 18.2 Å². The third-order valence-electron chi connectivity index (χ3n) is 6.48. The summed E-state index contributed by atoms with van der Waals surface area (Å²) in [6.07, 6.45) is -3.93. The van der Waals surface area contributed by atoms with E-state index in [-0.39, 0.29) is 23.9 Å². The summed E-state index contributed by atoms with van der Waals surface area (Å²) in [6.45, 7) is 1.68. The lowest BCUT2D eigenvalue weighted by molar-refractivity contribution is -0.155. The molecule has 2 N–H and O–H groups in total. The van der Waals surface area contributed by atoms with Gasteiger partial charge in [-0.2, -0.15) is 13.2 Å². The van der Waals surface area contributed by atoms with Gasteiger partial charge in [0.05, 0.1) is 25.3 Å². The van der Waals surface area contributed by atoms with Crippen molar-refractivity contribution in [3.63, 3.8) is 0 Å². The number of rotatable bonds is 7. The fourth-order valence-electron chi connectivity index (χ4n) is 4.97. The second kappa shape index (κ2) is 9.65. The van der Waals surface area contributed by atoms with Gasteiger partial charge in [0.1, 0.15) is 17.4 Å². The van der Waals surface area contributed by atoms with Gasteiger partial charge in [-0.15, -0.1) is 0 Å². The van der Waals surface area contributed by atoms with Crippen LogP contribution in [0.15, 0.2) is 30.3 Å². The largest absolute Gasteiger partial charge is 0.508 e. The first-order valence-corrected chi connectivity index (χ1v) is 11.2. The Morgan fingerprint density at radius 1 is 1.09 bits per heavy atom. The molecule has 0 unspecified atom stereocenters. The highest BCUT2D eigenvalue weighted by Crippen LogP contribution is 2.42. The average Bonchev–Trinajstić information content (AvgIpc) is 2.70. The van der Waals surface area contributed by atoms with Crippen molar-refractivity contribution in [3.8, 4) is 5.75 Å². The molecule has 0 saturated carbocycles. The van der Waals surface area contributed by atoms with Gasteiger partial charge >= 0.3 is 6.18 Å². The molecule has 4 rings (SSSR count). The van der Waals surface area contributed by atoms with Crippen LogP contribution in [0.1, 0.15) is 36.1 Å². The average molecular weight is 487 g/mol. The highest BCUT2D eigenvalue weighted by Gasteiger charge is 2.42. The Morgan fingerprint density at radius 3 is 2.38 bits per heavy atom. The van der Waals surface area contributed by atoms with Crippen molar-refractivity contribution in [2.75, 3.05) is 38.2 Å². The van der Waals surface area contributed by atoms with Crippen molar-refractivity contribution < 1.29 is 31.4 Å². The third-order valence-corrected chi connectivity index (χ3v) is 6.48. The van der Waals surface area contributed by atoms with Crippen molar-refractivity contribution in [3.05, 3.63) is 58.7 Å². The Labute approximate surface area is 194 Å². The zero-order valence-electron chi connectivity index (χ0n) is 18.7. The number of halogens is 6. The minimum atomic E-state index is -4.56. The molecule has 2 aromatic carbocycles. The van der Waals surface area contributed by atoms with E-state index in [2.05, 4.69) is 5.32 Å². The molecular weight excluding hydrogens is 460 g/mol. The molecule has 2 aliphatic rings. The van der Waals surface area contributed by atoms with E-state index in [4.69, 9.17) is 0 Å². The summed E-state index contributed by atoms with van der Waals surface area (Å²) < 4.78 is 83.2. The summed E-state index contributed by atoms with van der Waals surface area (Å²) in [6, 6.07) is 4.37. The molecule has 0 aliphatic carbocycles. The summed E-state index contributed by atoms with van der Waals surface area (Å²) >= 11 is 0. The first-order chi connectivity index (χ1) is 16.1. The van der Waals surface area contributed by atoms with E-state index < -0.39 is 48.7 Å². The minimum absolute atomic E-state index is 0.0515. The summed E-state index contributed by atoms with van der Waals surface area (Å²) in [4.78, 5) is 3.08. The molecule has 0 spiro atoms. The van der Waals surface area contributed by atoms with Crippen molar-refractivity contribution >= 4 is 5.69 Å². The van der Waals surface area contributed by atoms with Crippen molar-refractivity contribution in [1.29, 1.82) is 0 Å². The molecule has 0 bridgehead atoms. The molecule has 0 amide bonds. The number of nitrogens with zero attached hydrogens (tertiary/aromatic N) is 2. The number of anilines is 1. The van der Waals surface area contributed by atoms with Gasteiger partial charge in [0.15, 0.2) is 0 Å². The van der Waals surface area contributed by atoms with Crippen LogP contribution in [0.5, 0.6) is 5.75 Å². The predicted molar refractivity (Wildman–Crippen MR) is 117 cm³/mol. The van der Waals surface area contributed by atoms with Crippen LogP contribution >= 0.6 is 0 Å². The van der Waals surface area contributed by atoms with Gasteiger partial charge in [-0.1, -0.05) is 6.07 Å². The lowest BCUT2D eigenvalue weighted by Gasteiger charge is -2.43. The summed E-state index contributed by atoms with van der Waals surface area (Å²) in [7, 11) is 0. The number of fused-ring (bicyclic) bond motifs is 1. The number of alkyl halides is 4. The SMILES string of the molecule is C[C@@H]1Cc2cc(O)ccc2[C@@H](c2c(F)cc(NC3CN(CCCF)C3)cc2F)N1CC(F)(F)F. The molecule has 0 aromatic heterocycles. The number of nitrogens with one attached hydrogen (secondary N) is 1. The number of likely N-dealkylation sites (tertiary alicyclic amines) is 1. The van der Waals surface area contributed by atoms with E-state index in [0.717, 1.165) is 17.0 Å². The smallest absolute Gasteiger partial charge is 0.401 e. The molecule has 34 heavy (non-hydrogen) atoms. The third kappa shape index (κ3) is 5.27. The normalized spacial score (nSPS) is 21.9. The summed E-state index contributed by atoms with van der Waals surface area (Å²) in [5, 5.41) is 12.9. The molecule has 2 aliphatic heterocycles. The van der Waals surface area contributed by atoms with Crippen LogP contribution in [0.2, 0.25) is 0 Å². The Hall–Kier alpha value is -2.46. The molecule has 1 saturated heterocycles. The molecule has 2 heterocycles. The van der Waals surface area contributed by atoms with E-state index in [0.29, 0.717) is 37.2 Å². The highest BCUT2D eigenvalue weighted by atomic mass is 19.4. The first-order valence-electron chi connectivity index (χ1n) is 11.2. The van der Waals surface area contributed by atoms with Gasteiger partial charge in [0.25, 0.3) is 0 Å². The molecule has 0 radical (unpaired) electrons. The van der Waals surface area contributed by atoms with E-state index >= 15 is 8.78 Å². The molecular formula is C24H27F6N3O. The summed E-state index contributed by atoms with van der Waals surface area (Å²) in [5.41, 5.74) is 0.637. The number of hydrogen-bond acceptors (Lipinski definition) is 4. The number of benzene rings is 2. The van der Waals surface area contributed by atoms with Gasteiger partial charge in [-0.3, -0.25) is 14.2 Å². The van der Waals surface area contributed by atoms with Crippen molar-refractivity contribution in [2.24, 2.45) is 0 Å². The molecule has 4 nitrogen and oxygen atoms in total. The second-order valence-corrected chi connectivity index (χ2v) is 9.12. The van der Waals surface area contributed by atoms with Crippen LogP contribution in [0, 0.1) is 11.6 Å². The van der Waals surface area contributed by atoms with Crippen molar-refractivity contribution in [1.82, 2.24) is 9.80 Å². The Balaban J connectivity index is 1.64. The minimum Gasteiger partial charge on any atom is -0.508 e. The Kier molecular flexibility index (Phi) is 7.00. The van der Waals surface area contributed by atoms with E-state index in [9.17, 15) is 22.7 Å². The number of hydrogen-bond donors (Lipinski definition) is 2. The topological polar surface area (TPSA) is 38.7 Å². The van der Waals surface area contributed by atoms with E-state index in [1.54, 1.807) is 6.92 Å². The number of aromatic hydroxyl groups is 1. The zero-order valence-corrected chi connectivity index (χ0v) is 18.7. The molecule has 2 atom stereocenters. The van der Waals surface area contributed by atoms with Crippen LogP contribution < -0.4 is 5.32 Å². The highest BCUT2D eigenvalue weighted by molar-refractivity contribution is 5.51. The standard InChI is InChI=1S/C24H27F6N3O/c1-14-7-15-8-18(34)3-4-19(15)23(33(14)13-24(28,29)30)22-20(26)9-16(10-21(22)27)31-17-11-32(12-17)6-2-5-25/h3-4,8-10,14,17,23,31,34H,2,5-7,11-13H2,1H3/t14-,23+/m1/s1. The van der Waals surface area contributed by atoms with E-state index in [1.807, 2.05) is 4.90 Å². The van der Waals surface area contributed by atoms with Crippen LogP contribution in [0.3, 0.4) is 0 Å². The second-order valence-electron chi connectivity index (χ2n) is 9.12. The number of phenols is 1. The van der Waals surface area contributed by atoms with Gasteiger partial charge in [-0.05, 0) is 55.2 Å². The molecule has 2 aromatic rings. The summed E-state index contributed by atoms with van der Waals surface area (Å²) in [5.74, 6) is -1.95. The lowest BCUT2D eigenvalue weighted by atomic mass is 9.84. The monoisotopic (exact) mass is 487 g/mol. The Bertz CT molecular complexity index is 1000. The molecule has 186 valence electrons. The maximum Gasteiger partial charge on any atom is 0.401 e. The van der Waals surface area contributed by atoms with Crippen LogP contribution in [-0.2, 0) is 6.42 Å². The number of phenolic OH excluding ortho intramolecular Hbond substituents is 1. The maximum atomic E-state index is 15.3. The lowest BCUT2D eigenvalue weighted by Crippen LogP contribution is -2.54. The van der Waals surface area contributed by atoms with Gasteiger partial charge in [0.2, 0.25) is 0 Å². The van der Waals surface area contributed by atoms with Crippen LogP contribution in [-0.4, -0.2) is 66.0 Å². The fraction of sp³-hybridized carbons (Fsp3) is 0.500. The van der Waals surface area contributed by atoms with Gasteiger partial charge in [-0.25, -0.2) is 8.78 Å². The fourth-order valence-corrected chi connectivity index (χ4v) is 4.97. The zero-order chi connectivity index (χ0) is 24.6. The van der Waals surface area contributed by atoms with Crippen LogP contribution in [0.4, 0.5) is 32.0 Å². The first kappa shape index (κ1) is 24.7. The quantitative estimate of drug-likeness (QED) is 0.538. The van der Waals surface area contributed by atoms with Gasteiger partial charge in [0, 0.05) is 36.9 Å². The predicted octanol–water partition coefficient (Wildman–Crippen LogP) is 5.02. The molecule has 10 heteroatoms. The van der Waals surface area contributed by atoms with Gasteiger partial charge < -0.3 is 10.4 Å². The molecule has 1 fully saturated rings. The Morgan fingerprint density at radius 2 is 1.76 bits per heavy atom. The van der Waals surface area contributed by atoms with Crippen molar-refractivity contribution in [2.45, 2.75) is 44.1 Å². The maximum absolute atomic E-state index is 15.3.